The minimum Gasteiger partial charge on any atom is -0.388 e. The van der Waals surface area contributed by atoms with E-state index in [4.69, 9.17) is 16.3 Å². The molecule has 1 unspecified atom stereocenters. The quantitative estimate of drug-likeness (QED) is 0.156. The van der Waals surface area contributed by atoms with E-state index >= 15 is 19.2 Å². The Kier molecular flexibility index (Phi) is 31.2. The molecule has 26 nitrogen and oxygen atoms in total. The van der Waals surface area contributed by atoms with Crippen molar-refractivity contribution in [2.45, 2.75) is 212 Å². The highest BCUT2D eigenvalue weighted by molar-refractivity contribution is 6.31. The zero-order chi connectivity index (χ0) is 78.4. The van der Waals surface area contributed by atoms with Crippen LogP contribution in [0.15, 0.2) is 42.5 Å². The predicted octanol–water partition coefficient (Wildman–Crippen LogP) is 4.70. The summed E-state index contributed by atoms with van der Waals surface area (Å²) in [6, 6.07) is -0.371. The molecule has 0 aromatic heterocycles. The lowest BCUT2D eigenvalue weighted by Gasteiger charge is -2.45. The van der Waals surface area contributed by atoms with Crippen molar-refractivity contribution in [1.82, 2.24) is 60.0 Å². The van der Waals surface area contributed by atoms with Gasteiger partial charge in [0.25, 0.3) is 0 Å². The van der Waals surface area contributed by atoms with Gasteiger partial charge in [-0.25, -0.2) is 0 Å². The van der Waals surface area contributed by atoms with Gasteiger partial charge in [-0.2, -0.15) is 13.2 Å². The summed E-state index contributed by atoms with van der Waals surface area (Å²) in [5, 5.41) is 18.4. The highest BCUT2D eigenvalue weighted by atomic mass is 35.5. The molecule has 1 aliphatic carbocycles. The van der Waals surface area contributed by atoms with Gasteiger partial charge in [-0.3, -0.25) is 57.5 Å². The van der Waals surface area contributed by atoms with Crippen LogP contribution >= 0.6 is 11.6 Å². The van der Waals surface area contributed by atoms with Crippen LogP contribution in [-0.2, 0) is 81.3 Å². The third-order valence-electron chi connectivity index (χ3n) is 20.5. The molecule has 12 amide bonds. The monoisotopic (exact) mass is 1480 g/mol. The topological polar surface area (TPSA) is 300 Å². The second-order valence-corrected chi connectivity index (χ2v) is 30.3. The first-order valence-corrected chi connectivity index (χ1v) is 36.3. The average Bonchev–Trinajstić information content (AvgIpc) is 1.38. The van der Waals surface area contributed by atoms with Crippen molar-refractivity contribution < 1.29 is 80.5 Å². The minimum atomic E-state index is -4.81. The fourth-order valence-corrected chi connectivity index (χ4v) is 13.7. The van der Waals surface area contributed by atoms with E-state index < -0.39 is 178 Å². The van der Waals surface area contributed by atoms with Gasteiger partial charge in [-0.1, -0.05) is 115 Å². The molecule has 3 fully saturated rings. The Morgan fingerprint density at radius 2 is 1.34 bits per heavy atom. The molecule has 1 saturated carbocycles. The van der Waals surface area contributed by atoms with Gasteiger partial charge < -0.3 is 69.9 Å². The van der Waals surface area contributed by atoms with E-state index in [1.807, 2.05) is 39.8 Å². The first-order valence-electron chi connectivity index (χ1n) is 35.9. The lowest BCUT2D eigenvalue weighted by molar-refractivity contribution is -0.160. The Bertz CT molecular complexity index is 3400. The number of alkyl halides is 3. The molecule has 0 bridgehead atoms. The predicted molar refractivity (Wildman–Crippen MR) is 384 cm³/mol. The second kappa shape index (κ2) is 37.4. The molecule has 5 rings (SSSR count). The molecule has 2 aliphatic heterocycles. The second-order valence-electron chi connectivity index (χ2n) is 29.9. The normalized spacial score (nSPS) is 24.4. The number of ether oxygens (including phenoxy) is 1. The minimum absolute atomic E-state index is 0.0761. The molecule has 30 heteroatoms. The van der Waals surface area contributed by atoms with Crippen molar-refractivity contribution in [3.63, 3.8) is 0 Å². The molecule has 104 heavy (non-hydrogen) atoms. The lowest BCUT2D eigenvalue weighted by atomic mass is 9.90. The molecule has 4 N–H and O–H groups in total. The number of rotatable bonds is 17. The highest BCUT2D eigenvalue weighted by Gasteiger charge is 2.50. The van der Waals surface area contributed by atoms with Gasteiger partial charge in [0.15, 0.2) is 0 Å². The van der Waals surface area contributed by atoms with Crippen LogP contribution in [0.5, 0.6) is 0 Å². The van der Waals surface area contributed by atoms with Gasteiger partial charge in [-0.15, -0.1) is 0 Å². The summed E-state index contributed by atoms with van der Waals surface area (Å²) in [5.74, 6) is -10.2. The third kappa shape index (κ3) is 22.3. The number of fused-ring (bicyclic) bond motifs is 1. The maximum atomic E-state index is 15.5. The number of aliphatic hydroxyl groups is 1. The van der Waals surface area contributed by atoms with Gasteiger partial charge in [-0.05, 0) is 107 Å². The van der Waals surface area contributed by atoms with Crippen molar-refractivity contribution >= 4 is 82.5 Å². The van der Waals surface area contributed by atoms with Crippen molar-refractivity contribution in [3.05, 3.63) is 69.7 Å². The summed E-state index contributed by atoms with van der Waals surface area (Å²) in [4.78, 5) is 190. The molecule has 3 aliphatic rings. The molecule has 580 valence electrons. The van der Waals surface area contributed by atoms with E-state index in [0.717, 1.165) is 38.5 Å². The number of nitrogens with zero attached hydrogens (tertiary/aromatic N) is 9. The van der Waals surface area contributed by atoms with Crippen molar-refractivity contribution in [1.29, 1.82) is 0 Å². The van der Waals surface area contributed by atoms with Crippen molar-refractivity contribution in [2.75, 3.05) is 95.8 Å². The summed E-state index contributed by atoms with van der Waals surface area (Å²) in [7, 11) is 11.1. The van der Waals surface area contributed by atoms with Crippen LogP contribution in [0.1, 0.15) is 149 Å². The maximum absolute atomic E-state index is 15.5. The van der Waals surface area contributed by atoms with E-state index in [0.29, 0.717) is 31.2 Å². The lowest BCUT2D eigenvalue weighted by Crippen LogP contribution is -2.65. The Balaban J connectivity index is 1.69. The van der Waals surface area contributed by atoms with Crippen LogP contribution in [0.3, 0.4) is 0 Å². The third-order valence-corrected chi connectivity index (χ3v) is 20.9. The maximum Gasteiger partial charge on any atom is 0.417 e. The van der Waals surface area contributed by atoms with Gasteiger partial charge in [0, 0.05) is 75.9 Å². The summed E-state index contributed by atoms with van der Waals surface area (Å²) in [5.41, 5.74) is -2.42. The van der Waals surface area contributed by atoms with Crippen LogP contribution in [0, 0.1) is 24.7 Å². The summed E-state index contributed by atoms with van der Waals surface area (Å²) in [6.45, 7) is 14.7. The highest BCUT2D eigenvalue weighted by Crippen LogP contribution is 2.37. The molecule has 0 radical (unpaired) electrons. The molecule has 10 atom stereocenters. The fraction of sp³-hybridized carbons (Fsp3) is 0.676. The zero-order valence-corrected chi connectivity index (χ0v) is 64.7. The number of carbonyl (C=O) groups excluding carboxylic acids is 12. The number of likely N-dealkylation sites (N-methyl/N-ethyl adjacent to an activating group) is 7. The smallest absolute Gasteiger partial charge is 0.388 e. The SMILES string of the molecule is CC[C@H](C)[C@@H]1NC(=O)[C@H](CC(C)C)N(C)C(=O)C[C@@H](C(=O)N(C)C)N(C)C(=O)[C@H]([C@@H](C)CC)N(C)C(=O)C2(CCCC2)NC(=O)CN(CCOCC(C)(C)O)C(=O)[C@H](CCc2ccc(C(F)(F)F)c(Cl)c2)NC(=O)CN(C)C(=O)[C@H](Cc2ccc(C)cc2)N(C)C(=O)C2CCN2C(=O)[C@H](C)N(C)C1=O. The molecule has 2 aromatic rings. The molecule has 2 aromatic carbocycles. The summed E-state index contributed by atoms with van der Waals surface area (Å²) < 4.78 is 47.6. The Labute approximate surface area is 615 Å². The van der Waals surface area contributed by atoms with E-state index in [9.17, 15) is 56.6 Å². The number of benzene rings is 2. The number of halogens is 4. The first kappa shape index (κ1) is 86.7. The zero-order valence-electron chi connectivity index (χ0n) is 63.9. The van der Waals surface area contributed by atoms with Crippen LogP contribution in [0.4, 0.5) is 13.2 Å². The van der Waals surface area contributed by atoms with Crippen LogP contribution in [0.25, 0.3) is 0 Å². The number of aryl methyl sites for hydroxylation is 2. The molecular formula is C74H112ClF3N12O14. The Morgan fingerprint density at radius 1 is 0.731 bits per heavy atom. The first-order chi connectivity index (χ1) is 48.4. The molecule has 2 saturated heterocycles. The molecule has 1 spiro atoms. The average molecular weight is 1490 g/mol. The van der Waals surface area contributed by atoms with E-state index in [2.05, 4.69) is 16.0 Å². The van der Waals surface area contributed by atoms with E-state index in [1.165, 1.54) is 107 Å². The Morgan fingerprint density at radius 3 is 1.88 bits per heavy atom. The van der Waals surface area contributed by atoms with Crippen LogP contribution in [-0.4, -0.2) is 275 Å². The van der Waals surface area contributed by atoms with Gasteiger partial charge in [0.05, 0.1) is 48.9 Å². The number of nitrogens with one attached hydrogen (secondary N) is 3. The van der Waals surface area contributed by atoms with Crippen molar-refractivity contribution in [2.24, 2.45) is 17.8 Å². The number of hydrogen-bond acceptors (Lipinski definition) is 14. The fourth-order valence-electron chi connectivity index (χ4n) is 13.4. The van der Waals surface area contributed by atoms with Crippen LogP contribution in [0.2, 0.25) is 5.02 Å². The Hall–Kier alpha value is -7.92. The summed E-state index contributed by atoms with van der Waals surface area (Å²) in [6.07, 6.45) is -4.07. The van der Waals surface area contributed by atoms with Crippen LogP contribution < -0.4 is 16.0 Å². The number of carbonyl (C=O) groups is 12. The largest absolute Gasteiger partial charge is 0.417 e. The number of amides is 12. The van der Waals surface area contributed by atoms with E-state index in [-0.39, 0.29) is 82.7 Å². The van der Waals surface area contributed by atoms with E-state index in [1.54, 1.807) is 32.9 Å². The van der Waals surface area contributed by atoms with Gasteiger partial charge in [0.1, 0.15) is 53.9 Å². The molecule has 2 heterocycles. The molecular weight excluding hydrogens is 1370 g/mol. The number of hydrogen-bond donors (Lipinski definition) is 4. The standard InChI is InChI=1S/C74H112ClF3N12O14/c1-19-46(6)61-69(100)84(14)48(8)64(95)90-34-31-54(90)68(99)86(16)56(39-50-25-23-45(5)24-26-50)67(98)83(13)41-58(91)79-53(30-28-49-27-29-51(52(75)38-49)74(76,77)78)65(96)89(35-36-104-43-72(9,10)103)42-59(92)81-73(32-21-22-33-73)71(102)88(18)62(47(7)20-2)70(101)87(17)57(66(97)82(11)12)40-60(93)85(15)55(37-44(3)4)63(94)80-61/h23-27,29,38,44,46-48,53-57,61-62,103H,19-22,28,30-37,39-43H2,1-18H3,(H,79,91)(H,80,94)(H,81,92)/t46-,47-,48-,53-,54?,55-,56-,57-,61-,62-/m0/s1. The summed E-state index contributed by atoms with van der Waals surface area (Å²) >= 11 is 6.17. The van der Waals surface area contributed by atoms with Crippen molar-refractivity contribution in [3.8, 4) is 0 Å². The van der Waals surface area contributed by atoms with Gasteiger partial charge in [0.2, 0.25) is 70.9 Å². The van der Waals surface area contributed by atoms with Gasteiger partial charge >= 0.3 is 6.18 Å².